The molecule has 0 saturated heterocycles. The van der Waals surface area contributed by atoms with E-state index in [0.29, 0.717) is 41.7 Å². The van der Waals surface area contributed by atoms with Gasteiger partial charge in [0.25, 0.3) is 0 Å². The molecule has 3 rings (SSSR count). The molecule has 3 aromatic rings. The molecule has 0 spiro atoms. The lowest BCUT2D eigenvalue weighted by atomic mass is 10.4. The Morgan fingerprint density at radius 3 is 3.05 bits per heavy atom. The average Bonchev–Trinajstić information content (AvgIpc) is 2.98. The number of aromatic nitrogens is 6. The van der Waals surface area contributed by atoms with Crippen molar-refractivity contribution < 1.29 is 4.52 Å². The van der Waals surface area contributed by atoms with Crippen LogP contribution in [-0.4, -0.2) is 36.6 Å². The highest BCUT2D eigenvalue weighted by Crippen LogP contribution is 2.18. The van der Waals surface area contributed by atoms with Gasteiger partial charge in [-0.3, -0.25) is 0 Å². The smallest absolute Gasteiger partial charge is 0.226 e. The van der Waals surface area contributed by atoms with Gasteiger partial charge in [-0.15, -0.1) is 0 Å². The molecule has 0 radical (unpaired) electrons. The molecule has 2 N–H and O–H groups in total. The summed E-state index contributed by atoms with van der Waals surface area (Å²) < 4.78 is 4.89. The van der Waals surface area contributed by atoms with Crippen LogP contribution < -0.4 is 5.32 Å². The van der Waals surface area contributed by atoms with Crippen molar-refractivity contribution in [2.75, 3.05) is 11.9 Å². The zero-order valence-corrected chi connectivity index (χ0v) is 10.8. The topological polar surface area (TPSA) is 105 Å². The van der Waals surface area contributed by atoms with Crippen LogP contribution >= 0.6 is 11.6 Å². The van der Waals surface area contributed by atoms with Gasteiger partial charge in [0, 0.05) is 19.9 Å². The van der Waals surface area contributed by atoms with Gasteiger partial charge in [0.05, 0.1) is 6.33 Å². The van der Waals surface area contributed by atoms with Crippen LogP contribution in [0, 0.1) is 6.92 Å². The minimum Gasteiger partial charge on any atom is -0.368 e. The fourth-order valence-corrected chi connectivity index (χ4v) is 1.83. The molecule has 0 unspecified atom stereocenters. The van der Waals surface area contributed by atoms with E-state index in [4.69, 9.17) is 16.1 Å². The summed E-state index contributed by atoms with van der Waals surface area (Å²) in [5.74, 6) is 1.80. The van der Waals surface area contributed by atoms with E-state index in [1.807, 2.05) is 0 Å². The van der Waals surface area contributed by atoms with E-state index in [0.717, 1.165) is 0 Å². The predicted octanol–water partition coefficient (Wildman–Crippen LogP) is 1.35. The molecule has 0 amide bonds. The first kappa shape index (κ1) is 11.8. The lowest BCUT2D eigenvalue weighted by molar-refractivity contribution is 0.387. The summed E-state index contributed by atoms with van der Waals surface area (Å²) in [6, 6.07) is 0. The first-order valence-corrected chi connectivity index (χ1v) is 6.00. The van der Waals surface area contributed by atoms with E-state index in [9.17, 15) is 0 Å². The highest BCUT2D eigenvalue weighted by molar-refractivity contribution is 6.28. The van der Waals surface area contributed by atoms with E-state index < -0.39 is 0 Å². The van der Waals surface area contributed by atoms with Gasteiger partial charge in [0.2, 0.25) is 11.2 Å². The van der Waals surface area contributed by atoms with Crippen molar-refractivity contribution in [2.24, 2.45) is 0 Å². The molecule has 3 heterocycles. The average molecular weight is 280 g/mol. The molecule has 9 heteroatoms. The predicted molar refractivity (Wildman–Crippen MR) is 67.9 cm³/mol. The zero-order valence-electron chi connectivity index (χ0n) is 10.0. The Morgan fingerprint density at radius 1 is 1.37 bits per heavy atom. The standard InChI is InChI=1S/C10H10ClN7O/c1-5-15-6(18-19-5)2-3-12-8-7-9(14-4-13-7)17-10(11)16-8/h4H,2-3H2,1H3,(H2,12,13,14,16,17). The summed E-state index contributed by atoms with van der Waals surface area (Å²) in [5.41, 5.74) is 1.24. The Morgan fingerprint density at radius 2 is 2.26 bits per heavy atom. The van der Waals surface area contributed by atoms with Crippen LogP contribution in [0.3, 0.4) is 0 Å². The second-order valence-corrected chi connectivity index (χ2v) is 4.19. The number of aromatic amines is 1. The maximum absolute atomic E-state index is 5.82. The number of halogens is 1. The van der Waals surface area contributed by atoms with Gasteiger partial charge >= 0.3 is 0 Å². The highest BCUT2D eigenvalue weighted by Gasteiger charge is 2.09. The lowest BCUT2D eigenvalue weighted by Gasteiger charge is -2.04. The summed E-state index contributed by atoms with van der Waals surface area (Å²) in [4.78, 5) is 19.2. The second-order valence-electron chi connectivity index (χ2n) is 3.85. The van der Waals surface area contributed by atoms with Crippen LogP contribution in [0.25, 0.3) is 11.2 Å². The molecule has 0 saturated carbocycles. The van der Waals surface area contributed by atoms with E-state index in [1.165, 1.54) is 0 Å². The fourth-order valence-electron chi connectivity index (χ4n) is 1.67. The number of aryl methyl sites for hydroxylation is 1. The Balaban J connectivity index is 1.73. The molecule has 0 fully saturated rings. The number of H-pyrrole nitrogens is 1. The minimum atomic E-state index is 0.150. The first-order chi connectivity index (χ1) is 9.22. The normalized spacial score (nSPS) is 11.1. The van der Waals surface area contributed by atoms with E-state index >= 15 is 0 Å². The number of nitrogens with one attached hydrogen (secondary N) is 2. The van der Waals surface area contributed by atoms with Gasteiger partial charge < -0.3 is 14.8 Å². The number of hydrogen-bond acceptors (Lipinski definition) is 7. The van der Waals surface area contributed by atoms with Gasteiger partial charge in [-0.05, 0) is 11.6 Å². The number of hydrogen-bond donors (Lipinski definition) is 2. The molecule has 0 aromatic carbocycles. The Bertz CT molecular complexity index is 707. The van der Waals surface area contributed by atoms with Gasteiger partial charge in [-0.25, -0.2) is 4.98 Å². The summed E-state index contributed by atoms with van der Waals surface area (Å²) in [6.07, 6.45) is 2.16. The van der Waals surface area contributed by atoms with E-state index in [-0.39, 0.29) is 5.28 Å². The maximum atomic E-state index is 5.82. The van der Waals surface area contributed by atoms with Crippen LogP contribution in [-0.2, 0) is 6.42 Å². The molecule has 0 aliphatic heterocycles. The van der Waals surface area contributed by atoms with Crippen LogP contribution in [0.1, 0.15) is 11.7 Å². The zero-order chi connectivity index (χ0) is 13.2. The number of imidazole rings is 1. The number of fused-ring (bicyclic) bond motifs is 1. The van der Waals surface area contributed by atoms with Crippen LogP contribution in [0.15, 0.2) is 10.9 Å². The third-order valence-corrected chi connectivity index (χ3v) is 2.64. The number of nitrogens with zero attached hydrogens (tertiary/aromatic N) is 5. The molecule has 0 atom stereocenters. The number of anilines is 1. The molecule has 8 nitrogen and oxygen atoms in total. The lowest BCUT2D eigenvalue weighted by Crippen LogP contribution is -2.08. The summed E-state index contributed by atoms with van der Waals surface area (Å²) in [7, 11) is 0. The third kappa shape index (κ3) is 2.48. The number of rotatable bonds is 4. The van der Waals surface area contributed by atoms with Crippen molar-refractivity contribution in [1.82, 2.24) is 30.1 Å². The summed E-state index contributed by atoms with van der Waals surface area (Å²) >= 11 is 5.82. The fraction of sp³-hybridized carbons (Fsp3) is 0.300. The maximum Gasteiger partial charge on any atom is 0.226 e. The van der Waals surface area contributed by atoms with Crippen molar-refractivity contribution in [3.63, 3.8) is 0 Å². The van der Waals surface area contributed by atoms with E-state index in [1.54, 1.807) is 13.3 Å². The van der Waals surface area contributed by atoms with E-state index in [2.05, 4.69) is 35.4 Å². The van der Waals surface area contributed by atoms with Crippen molar-refractivity contribution in [3.8, 4) is 0 Å². The van der Waals surface area contributed by atoms with Gasteiger partial charge in [0.15, 0.2) is 17.3 Å². The van der Waals surface area contributed by atoms with Crippen LogP contribution in [0.4, 0.5) is 5.82 Å². The first-order valence-electron chi connectivity index (χ1n) is 5.62. The van der Waals surface area contributed by atoms with Crippen molar-refractivity contribution in [3.05, 3.63) is 23.3 Å². The molecule has 3 aromatic heterocycles. The highest BCUT2D eigenvalue weighted by atomic mass is 35.5. The van der Waals surface area contributed by atoms with Crippen LogP contribution in [0.5, 0.6) is 0 Å². The third-order valence-electron chi connectivity index (χ3n) is 2.47. The van der Waals surface area contributed by atoms with Crippen molar-refractivity contribution in [1.29, 1.82) is 0 Å². The molecular weight excluding hydrogens is 270 g/mol. The van der Waals surface area contributed by atoms with Crippen LogP contribution in [0.2, 0.25) is 5.28 Å². The van der Waals surface area contributed by atoms with Gasteiger partial charge in [0.1, 0.15) is 5.52 Å². The molecule has 0 aliphatic carbocycles. The Kier molecular flexibility index (Phi) is 3.00. The summed E-state index contributed by atoms with van der Waals surface area (Å²) in [5, 5.41) is 7.11. The second kappa shape index (κ2) is 4.81. The van der Waals surface area contributed by atoms with Crippen molar-refractivity contribution >= 4 is 28.6 Å². The molecule has 0 bridgehead atoms. The summed E-state index contributed by atoms with van der Waals surface area (Å²) in [6.45, 7) is 2.35. The monoisotopic (exact) mass is 279 g/mol. The minimum absolute atomic E-state index is 0.150. The van der Waals surface area contributed by atoms with Gasteiger partial charge in [-0.1, -0.05) is 5.16 Å². The molecule has 19 heavy (non-hydrogen) atoms. The molecule has 98 valence electrons. The Labute approximate surface area is 112 Å². The Hall–Kier alpha value is -2.22. The van der Waals surface area contributed by atoms with Crippen molar-refractivity contribution in [2.45, 2.75) is 13.3 Å². The molecule has 0 aliphatic rings. The quantitative estimate of drug-likeness (QED) is 0.694. The largest absolute Gasteiger partial charge is 0.368 e. The van der Waals surface area contributed by atoms with Gasteiger partial charge in [-0.2, -0.15) is 15.0 Å². The SMILES string of the molecule is Cc1nc(CCNc2nc(Cl)nc3nc[nH]c23)no1. The molecular formula is C10H10ClN7O.